The first-order valence-corrected chi connectivity index (χ1v) is 12.6. The summed E-state index contributed by atoms with van der Waals surface area (Å²) in [4.78, 5) is 35.5. The van der Waals surface area contributed by atoms with Crippen LogP contribution < -0.4 is 5.69 Å². The zero-order chi connectivity index (χ0) is 28.3. The summed E-state index contributed by atoms with van der Waals surface area (Å²) in [5.41, 5.74) is 2.77. The predicted octanol–water partition coefficient (Wildman–Crippen LogP) is 4.76. The van der Waals surface area contributed by atoms with Crippen molar-refractivity contribution in [2.75, 3.05) is 20.1 Å². The van der Waals surface area contributed by atoms with Crippen LogP contribution in [0.15, 0.2) is 78.0 Å². The lowest BCUT2D eigenvalue weighted by Crippen LogP contribution is -2.34. The van der Waals surface area contributed by atoms with Crippen molar-refractivity contribution in [3.05, 3.63) is 95.1 Å². The van der Waals surface area contributed by atoms with Gasteiger partial charge in [0, 0.05) is 24.0 Å². The van der Waals surface area contributed by atoms with Gasteiger partial charge in [-0.3, -0.25) is 14.3 Å². The normalized spacial score (nSPS) is 14.6. The summed E-state index contributed by atoms with van der Waals surface area (Å²) in [5.74, 6) is 0. The number of likely N-dealkylation sites (tertiary alicyclic amines) is 1. The number of pyridine rings is 2. The first-order valence-electron chi connectivity index (χ1n) is 12.6. The highest BCUT2D eigenvalue weighted by atomic mass is 19.4. The molecule has 0 spiro atoms. The highest BCUT2D eigenvalue weighted by Gasteiger charge is 2.32. The smallest absolute Gasteiger partial charge is 0.306 e. The van der Waals surface area contributed by atoms with Gasteiger partial charge in [-0.25, -0.2) is 14.5 Å². The maximum Gasteiger partial charge on any atom is 0.433 e. The number of piperidine rings is 1. The number of fused-ring (bicyclic) bond motifs is 1. The van der Waals surface area contributed by atoms with Gasteiger partial charge in [0.25, 0.3) is 0 Å². The van der Waals surface area contributed by atoms with E-state index in [4.69, 9.17) is 0 Å². The van der Waals surface area contributed by atoms with E-state index in [-0.39, 0.29) is 11.4 Å². The van der Waals surface area contributed by atoms with Gasteiger partial charge >= 0.3 is 11.9 Å². The summed E-state index contributed by atoms with van der Waals surface area (Å²) in [6, 6.07) is 15.3. The summed E-state index contributed by atoms with van der Waals surface area (Å²) >= 11 is 0. The van der Waals surface area contributed by atoms with Crippen LogP contribution in [0.2, 0.25) is 0 Å². The SMILES string of the molecule is CN1CCC(n2c(=O)[nH]c3ccccc32)CC1.O=Cc1cc(-c2ccncc2)n(-c2ccc(C(F)(F)F)nc2)n1. The van der Waals surface area contributed by atoms with Gasteiger partial charge in [0.1, 0.15) is 11.4 Å². The lowest BCUT2D eigenvalue weighted by molar-refractivity contribution is -0.141. The number of aromatic nitrogens is 6. The van der Waals surface area contributed by atoms with Crippen LogP contribution in [0.1, 0.15) is 35.1 Å². The molecule has 0 aliphatic carbocycles. The van der Waals surface area contributed by atoms with E-state index in [0.717, 1.165) is 54.8 Å². The molecule has 4 aromatic heterocycles. The van der Waals surface area contributed by atoms with E-state index in [1.54, 1.807) is 30.6 Å². The number of benzene rings is 1. The average molecular weight is 550 g/mol. The van der Waals surface area contributed by atoms with E-state index in [0.29, 0.717) is 23.7 Å². The van der Waals surface area contributed by atoms with Crippen molar-refractivity contribution in [2.24, 2.45) is 0 Å². The molecule has 5 heterocycles. The molecule has 6 rings (SSSR count). The number of hydrogen-bond donors (Lipinski definition) is 1. The molecule has 12 heteroatoms. The highest BCUT2D eigenvalue weighted by Crippen LogP contribution is 2.29. The minimum Gasteiger partial charge on any atom is -0.306 e. The average Bonchev–Trinajstić information content (AvgIpc) is 3.55. The number of nitrogens with zero attached hydrogens (tertiary/aromatic N) is 6. The number of nitrogens with one attached hydrogen (secondary N) is 1. The molecule has 0 atom stereocenters. The summed E-state index contributed by atoms with van der Waals surface area (Å²) in [7, 11) is 2.13. The van der Waals surface area contributed by atoms with E-state index in [1.165, 1.54) is 10.7 Å². The first-order chi connectivity index (χ1) is 19.2. The van der Waals surface area contributed by atoms with Gasteiger partial charge in [-0.2, -0.15) is 18.3 Å². The maximum atomic E-state index is 12.6. The molecule has 1 saturated heterocycles. The summed E-state index contributed by atoms with van der Waals surface area (Å²) in [5, 5.41) is 4.07. The Morgan fingerprint density at radius 3 is 2.40 bits per heavy atom. The third-order valence-electron chi connectivity index (χ3n) is 6.79. The first kappa shape index (κ1) is 27.0. The number of alkyl halides is 3. The Bertz CT molecular complexity index is 1650. The molecule has 40 heavy (non-hydrogen) atoms. The Balaban J connectivity index is 0.000000168. The summed E-state index contributed by atoms with van der Waals surface area (Å²) < 4.78 is 41.1. The van der Waals surface area contributed by atoms with Crippen LogP contribution in [-0.4, -0.2) is 60.6 Å². The molecule has 0 bridgehead atoms. The number of aldehydes is 1. The van der Waals surface area contributed by atoms with Gasteiger partial charge in [0.2, 0.25) is 0 Å². The van der Waals surface area contributed by atoms with Crippen molar-refractivity contribution in [1.82, 2.24) is 34.2 Å². The standard InChI is InChI=1S/C15H9F3N4O.C13H17N3O/c16-15(17,18)14-2-1-12(8-20-14)22-13(7-11(9-23)21-22)10-3-5-19-6-4-10;1-15-8-6-10(7-9-15)16-12-5-3-2-4-11(12)14-13(16)17/h1-9H;2-5,10H,6-9H2,1H3,(H,14,17). The third kappa shape index (κ3) is 5.71. The largest absolute Gasteiger partial charge is 0.433 e. The van der Waals surface area contributed by atoms with Crippen LogP contribution in [-0.2, 0) is 6.18 Å². The third-order valence-corrected chi connectivity index (χ3v) is 6.79. The number of imidazole rings is 1. The van der Waals surface area contributed by atoms with Gasteiger partial charge in [-0.15, -0.1) is 0 Å². The predicted molar refractivity (Wildman–Crippen MR) is 143 cm³/mol. The van der Waals surface area contributed by atoms with Crippen LogP contribution in [0.25, 0.3) is 28.0 Å². The van der Waals surface area contributed by atoms with E-state index >= 15 is 0 Å². The fourth-order valence-electron chi connectivity index (χ4n) is 4.75. The molecule has 1 N–H and O–H groups in total. The minimum absolute atomic E-state index is 0.0285. The van der Waals surface area contributed by atoms with E-state index in [9.17, 15) is 22.8 Å². The lowest BCUT2D eigenvalue weighted by atomic mass is 10.1. The molecule has 0 amide bonds. The van der Waals surface area contributed by atoms with Crippen LogP contribution in [0.5, 0.6) is 0 Å². The monoisotopic (exact) mass is 549 g/mol. The number of carbonyl (C=O) groups excluding carboxylic acids is 1. The highest BCUT2D eigenvalue weighted by molar-refractivity contribution is 5.76. The Kier molecular flexibility index (Phi) is 7.60. The fourth-order valence-corrected chi connectivity index (χ4v) is 4.75. The number of rotatable bonds is 4. The number of hydrogen-bond acceptors (Lipinski definition) is 6. The van der Waals surface area contributed by atoms with E-state index < -0.39 is 11.9 Å². The molecule has 1 fully saturated rings. The molecular weight excluding hydrogens is 523 g/mol. The number of halogens is 3. The molecule has 206 valence electrons. The maximum absolute atomic E-state index is 12.6. The van der Waals surface area contributed by atoms with E-state index in [2.05, 4.69) is 32.0 Å². The minimum atomic E-state index is -4.51. The quantitative estimate of drug-likeness (QED) is 0.325. The van der Waals surface area contributed by atoms with Crippen molar-refractivity contribution < 1.29 is 18.0 Å². The number of carbonyl (C=O) groups is 1. The van der Waals surface area contributed by atoms with Gasteiger partial charge in [-0.05, 0) is 75.4 Å². The molecule has 0 radical (unpaired) electrons. The van der Waals surface area contributed by atoms with Crippen LogP contribution in [0, 0.1) is 0 Å². The van der Waals surface area contributed by atoms with Crippen LogP contribution in [0.4, 0.5) is 13.2 Å². The van der Waals surface area contributed by atoms with Gasteiger partial charge in [-0.1, -0.05) is 12.1 Å². The van der Waals surface area contributed by atoms with Crippen molar-refractivity contribution >= 4 is 17.3 Å². The Morgan fingerprint density at radius 2 is 1.75 bits per heavy atom. The molecule has 1 aromatic carbocycles. The van der Waals surface area contributed by atoms with Gasteiger partial charge in [0.05, 0.1) is 28.6 Å². The van der Waals surface area contributed by atoms with Crippen molar-refractivity contribution in [2.45, 2.75) is 25.1 Å². The Hall–Kier alpha value is -4.58. The van der Waals surface area contributed by atoms with Crippen molar-refractivity contribution in [3.63, 3.8) is 0 Å². The molecule has 0 saturated carbocycles. The van der Waals surface area contributed by atoms with Crippen LogP contribution in [0.3, 0.4) is 0 Å². The number of H-pyrrole nitrogens is 1. The second-order valence-corrected chi connectivity index (χ2v) is 9.47. The van der Waals surface area contributed by atoms with Gasteiger partial charge in [0.15, 0.2) is 6.29 Å². The zero-order valence-corrected chi connectivity index (χ0v) is 21.5. The lowest BCUT2D eigenvalue weighted by Gasteiger charge is -2.29. The van der Waals surface area contributed by atoms with Gasteiger partial charge < -0.3 is 9.88 Å². The zero-order valence-electron chi connectivity index (χ0n) is 21.5. The second-order valence-electron chi connectivity index (χ2n) is 9.47. The molecule has 5 aromatic rings. The molecule has 9 nitrogen and oxygen atoms in total. The molecule has 1 aliphatic rings. The fraction of sp³-hybridized carbons (Fsp3) is 0.250. The van der Waals surface area contributed by atoms with E-state index in [1.807, 2.05) is 28.8 Å². The molecular formula is C28H26F3N7O2. The number of aromatic amines is 1. The Labute approximate surface area is 226 Å². The number of para-hydroxylation sites is 2. The Morgan fingerprint density at radius 1 is 1.02 bits per heavy atom. The van der Waals surface area contributed by atoms with Crippen molar-refractivity contribution in [3.8, 4) is 16.9 Å². The van der Waals surface area contributed by atoms with Crippen LogP contribution >= 0.6 is 0 Å². The summed E-state index contributed by atoms with van der Waals surface area (Å²) in [6.45, 7) is 2.13. The molecule has 0 unspecified atom stereocenters. The topological polar surface area (TPSA) is 102 Å². The second kappa shape index (κ2) is 11.3. The van der Waals surface area contributed by atoms with Crippen molar-refractivity contribution in [1.29, 1.82) is 0 Å². The summed E-state index contributed by atoms with van der Waals surface area (Å²) in [6.07, 6.45) is 2.37. The molecule has 1 aliphatic heterocycles.